The van der Waals surface area contributed by atoms with E-state index in [1.807, 2.05) is 11.6 Å². The van der Waals surface area contributed by atoms with Gasteiger partial charge in [0.15, 0.2) is 0 Å². The van der Waals surface area contributed by atoms with Crippen LogP contribution >= 0.6 is 12.4 Å². The van der Waals surface area contributed by atoms with E-state index in [0.717, 1.165) is 36.8 Å². The van der Waals surface area contributed by atoms with E-state index in [9.17, 15) is 4.39 Å². The first-order chi connectivity index (χ1) is 11.7. The average Bonchev–Trinajstić information content (AvgIpc) is 2.97. The minimum atomic E-state index is -0.218. The number of fused-ring (bicyclic) bond motifs is 1. The molecule has 0 N–H and O–H groups in total. The fourth-order valence-corrected chi connectivity index (χ4v) is 3.23. The molecule has 0 amide bonds. The highest BCUT2D eigenvalue weighted by atomic mass is 35.5. The quantitative estimate of drug-likeness (QED) is 0.718. The molecular formula is C19H20ClFN4. The van der Waals surface area contributed by atoms with Gasteiger partial charge in [-0.15, -0.1) is 22.6 Å². The molecule has 0 unspecified atom stereocenters. The number of halogens is 2. The van der Waals surface area contributed by atoms with E-state index in [-0.39, 0.29) is 18.2 Å². The summed E-state index contributed by atoms with van der Waals surface area (Å²) in [7, 11) is 1.99. The van der Waals surface area contributed by atoms with E-state index >= 15 is 0 Å². The zero-order chi connectivity index (χ0) is 16.5. The fourth-order valence-electron chi connectivity index (χ4n) is 3.23. The number of rotatable bonds is 3. The van der Waals surface area contributed by atoms with E-state index in [2.05, 4.69) is 39.4 Å². The lowest BCUT2D eigenvalue weighted by atomic mass is 10.0. The Kier molecular flexibility index (Phi) is 5.04. The lowest BCUT2D eigenvalue weighted by Crippen LogP contribution is -2.32. The Balaban J connectivity index is 0.00000182. The largest absolute Gasteiger partial charge is 0.336 e. The molecule has 3 aromatic rings. The van der Waals surface area contributed by atoms with Gasteiger partial charge in [-0.05, 0) is 35.2 Å². The molecule has 4 rings (SSSR count). The Morgan fingerprint density at radius 2 is 1.72 bits per heavy atom. The van der Waals surface area contributed by atoms with Gasteiger partial charge < -0.3 is 9.47 Å². The number of nitrogens with zero attached hydrogens (tertiary/aromatic N) is 4. The van der Waals surface area contributed by atoms with E-state index < -0.39 is 0 Å². The third-order valence-electron chi connectivity index (χ3n) is 4.63. The first kappa shape index (κ1) is 17.4. The summed E-state index contributed by atoms with van der Waals surface area (Å²) in [6, 6.07) is 15.1. The van der Waals surface area contributed by atoms with Crippen LogP contribution in [0.4, 0.5) is 10.3 Å². The molecule has 2 heterocycles. The first-order valence-electron chi connectivity index (χ1n) is 8.15. The zero-order valence-electron chi connectivity index (χ0n) is 14.0. The van der Waals surface area contributed by atoms with Gasteiger partial charge in [0, 0.05) is 26.6 Å². The van der Waals surface area contributed by atoms with Crippen LogP contribution in [-0.2, 0) is 26.4 Å². The van der Waals surface area contributed by atoms with E-state index in [0.29, 0.717) is 6.42 Å². The van der Waals surface area contributed by atoms with Crippen molar-refractivity contribution in [3.05, 3.63) is 76.9 Å². The molecule has 0 saturated heterocycles. The summed E-state index contributed by atoms with van der Waals surface area (Å²) in [5, 5.41) is 8.73. The van der Waals surface area contributed by atoms with Crippen LogP contribution in [0.5, 0.6) is 0 Å². The zero-order valence-corrected chi connectivity index (χ0v) is 14.8. The van der Waals surface area contributed by atoms with Gasteiger partial charge in [-0.3, -0.25) is 0 Å². The van der Waals surface area contributed by atoms with Crippen molar-refractivity contribution >= 4 is 18.4 Å². The smallest absolute Gasteiger partial charge is 0.227 e. The third-order valence-corrected chi connectivity index (χ3v) is 4.63. The molecule has 1 aliphatic heterocycles. The van der Waals surface area contributed by atoms with Crippen LogP contribution in [0.25, 0.3) is 0 Å². The number of benzene rings is 2. The van der Waals surface area contributed by atoms with Crippen LogP contribution in [0, 0.1) is 5.82 Å². The Labute approximate surface area is 152 Å². The van der Waals surface area contributed by atoms with E-state index in [1.54, 1.807) is 12.1 Å². The maximum absolute atomic E-state index is 13.0. The number of hydrogen-bond donors (Lipinski definition) is 0. The number of anilines is 1. The molecule has 130 valence electrons. The van der Waals surface area contributed by atoms with Gasteiger partial charge in [0.2, 0.25) is 5.95 Å². The predicted molar refractivity (Wildman–Crippen MR) is 98.7 cm³/mol. The van der Waals surface area contributed by atoms with Crippen molar-refractivity contribution in [1.29, 1.82) is 0 Å². The third kappa shape index (κ3) is 3.51. The summed E-state index contributed by atoms with van der Waals surface area (Å²) in [5.74, 6) is 1.56. The second-order valence-corrected chi connectivity index (χ2v) is 6.22. The standard InChI is InChI=1S/C19H19FN4.ClH/c1-23-18(12-14-6-8-17(20)9-7-14)21-22-19(23)24-11-10-15-4-2-3-5-16(15)13-24;/h2-9H,10-13H2,1H3;1H. The molecule has 0 radical (unpaired) electrons. The van der Waals surface area contributed by atoms with Crippen molar-refractivity contribution in [2.24, 2.45) is 7.05 Å². The Hall–Kier alpha value is -2.40. The fraction of sp³-hybridized carbons (Fsp3) is 0.263. The molecule has 4 nitrogen and oxygen atoms in total. The molecule has 0 fully saturated rings. The summed E-state index contributed by atoms with van der Waals surface area (Å²) in [6.07, 6.45) is 1.67. The van der Waals surface area contributed by atoms with Crippen LogP contribution < -0.4 is 4.90 Å². The second kappa shape index (κ2) is 7.23. The second-order valence-electron chi connectivity index (χ2n) is 6.22. The van der Waals surface area contributed by atoms with Crippen molar-refractivity contribution in [3.8, 4) is 0 Å². The summed E-state index contributed by atoms with van der Waals surface area (Å²) < 4.78 is 15.1. The van der Waals surface area contributed by atoms with Crippen LogP contribution in [-0.4, -0.2) is 21.3 Å². The topological polar surface area (TPSA) is 34.0 Å². The van der Waals surface area contributed by atoms with Crippen molar-refractivity contribution in [3.63, 3.8) is 0 Å². The molecule has 0 aliphatic carbocycles. The lowest BCUT2D eigenvalue weighted by Gasteiger charge is -2.29. The molecule has 0 bridgehead atoms. The van der Waals surface area contributed by atoms with Gasteiger partial charge in [-0.2, -0.15) is 0 Å². The molecule has 25 heavy (non-hydrogen) atoms. The van der Waals surface area contributed by atoms with Crippen LogP contribution in [0.15, 0.2) is 48.5 Å². The van der Waals surface area contributed by atoms with Crippen LogP contribution in [0.1, 0.15) is 22.5 Å². The monoisotopic (exact) mass is 358 g/mol. The molecule has 0 atom stereocenters. The number of aromatic nitrogens is 3. The van der Waals surface area contributed by atoms with Crippen molar-refractivity contribution in [2.75, 3.05) is 11.4 Å². The van der Waals surface area contributed by atoms with Crippen LogP contribution in [0.2, 0.25) is 0 Å². The molecule has 6 heteroatoms. The highest BCUT2D eigenvalue weighted by molar-refractivity contribution is 5.85. The Bertz CT molecular complexity index is 860. The van der Waals surface area contributed by atoms with Gasteiger partial charge in [0.25, 0.3) is 0 Å². The van der Waals surface area contributed by atoms with Gasteiger partial charge in [-0.25, -0.2) is 4.39 Å². The molecule has 1 aliphatic rings. The van der Waals surface area contributed by atoms with Gasteiger partial charge in [0.1, 0.15) is 11.6 Å². The predicted octanol–water partition coefficient (Wildman–Crippen LogP) is 3.53. The molecule has 0 spiro atoms. The maximum Gasteiger partial charge on any atom is 0.227 e. The minimum absolute atomic E-state index is 0. The normalized spacial score (nSPS) is 13.3. The Morgan fingerprint density at radius 3 is 2.48 bits per heavy atom. The lowest BCUT2D eigenvalue weighted by molar-refractivity contribution is 0.627. The molecule has 0 saturated carbocycles. The maximum atomic E-state index is 13.0. The molecule has 2 aromatic carbocycles. The highest BCUT2D eigenvalue weighted by Gasteiger charge is 2.21. The average molecular weight is 359 g/mol. The summed E-state index contributed by atoms with van der Waals surface area (Å²) in [4.78, 5) is 2.27. The summed E-state index contributed by atoms with van der Waals surface area (Å²) in [6.45, 7) is 1.80. The number of hydrogen-bond acceptors (Lipinski definition) is 3. The van der Waals surface area contributed by atoms with Crippen molar-refractivity contribution in [2.45, 2.75) is 19.4 Å². The van der Waals surface area contributed by atoms with Crippen molar-refractivity contribution in [1.82, 2.24) is 14.8 Å². The highest BCUT2D eigenvalue weighted by Crippen LogP contribution is 2.23. The molecule has 1 aromatic heterocycles. The van der Waals surface area contributed by atoms with Gasteiger partial charge in [-0.1, -0.05) is 36.4 Å². The Morgan fingerprint density at radius 1 is 1.00 bits per heavy atom. The molecular weight excluding hydrogens is 339 g/mol. The summed E-state index contributed by atoms with van der Waals surface area (Å²) >= 11 is 0. The minimum Gasteiger partial charge on any atom is -0.336 e. The van der Waals surface area contributed by atoms with Crippen LogP contribution in [0.3, 0.4) is 0 Å². The SMILES string of the molecule is Cl.Cn1c(Cc2ccc(F)cc2)nnc1N1CCc2ccccc2C1. The van der Waals surface area contributed by atoms with Gasteiger partial charge in [0.05, 0.1) is 0 Å². The van der Waals surface area contributed by atoms with E-state index in [1.165, 1.54) is 23.3 Å². The van der Waals surface area contributed by atoms with Gasteiger partial charge >= 0.3 is 0 Å². The summed E-state index contributed by atoms with van der Waals surface area (Å²) in [5.41, 5.74) is 3.80. The van der Waals surface area contributed by atoms with E-state index in [4.69, 9.17) is 0 Å². The van der Waals surface area contributed by atoms with Crippen molar-refractivity contribution < 1.29 is 4.39 Å². The first-order valence-corrected chi connectivity index (χ1v) is 8.15.